The van der Waals surface area contributed by atoms with Crippen LogP contribution in [0.4, 0.5) is 5.69 Å². The molecule has 3 rings (SSSR count). The Bertz CT molecular complexity index is 891. The topological polar surface area (TPSA) is 98.8 Å². The average molecular weight is 396 g/mol. The van der Waals surface area contributed by atoms with Gasteiger partial charge in [0.25, 0.3) is 5.91 Å². The zero-order valence-electron chi connectivity index (χ0n) is 16.4. The molecule has 1 atom stereocenters. The number of carbonyl (C=O) groups is 4. The third-order valence-corrected chi connectivity index (χ3v) is 5.37. The Labute approximate surface area is 169 Å². The van der Waals surface area contributed by atoms with Gasteiger partial charge in [-0.2, -0.15) is 0 Å². The minimum atomic E-state index is -0.780. The van der Waals surface area contributed by atoms with E-state index in [1.165, 1.54) is 0 Å². The fraction of sp³-hybridized carbons (Fsp3) is 0.429. The van der Waals surface area contributed by atoms with Crippen molar-refractivity contribution in [3.63, 3.8) is 0 Å². The number of fused-ring (bicyclic) bond motifs is 3. The molecule has 0 saturated carbocycles. The number of para-hydroxylation sites is 1. The summed E-state index contributed by atoms with van der Waals surface area (Å²) in [6, 6.07) is 7.05. The van der Waals surface area contributed by atoms with E-state index in [0.717, 1.165) is 0 Å². The molecule has 8 heteroatoms. The zero-order valence-corrected chi connectivity index (χ0v) is 16.4. The molecule has 1 aromatic carbocycles. The first-order chi connectivity index (χ1) is 13.9. The molecule has 0 spiro atoms. The molecule has 29 heavy (non-hydrogen) atoms. The quantitative estimate of drug-likeness (QED) is 0.661. The number of anilines is 1. The van der Waals surface area contributed by atoms with Gasteiger partial charge in [-0.05, 0) is 25.5 Å². The maximum atomic E-state index is 13.1. The van der Waals surface area contributed by atoms with Crippen LogP contribution in [0.5, 0.6) is 0 Å². The molecule has 0 aromatic heterocycles. The van der Waals surface area contributed by atoms with Gasteiger partial charge in [0.15, 0.2) is 0 Å². The number of hydrogen-bond acceptors (Lipinski definition) is 4. The maximum Gasteiger partial charge on any atom is 0.257 e. The lowest BCUT2D eigenvalue weighted by Crippen LogP contribution is -2.62. The lowest BCUT2D eigenvalue weighted by atomic mass is 9.98. The van der Waals surface area contributed by atoms with Crippen LogP contribution in [0, 0.1) is 12.3 Å². The van der Waals surface area contributed by atoms with E-state index in [-0.39, 0.29) is 56.1 Å². The molecule has 2 aliphatic heterocycles. The molecule has 2 N–H and O–H groups in total. The highest BCUT2D eigenvalue weighted by Crippen LogP contribution is 2.43. The van der Waals surface area contributed by atoms with E-state index in [4.69, 9.17) is 6.42 Å². The Hall–Kier alpha value is -3.34. The van der Waals surface area contributed by atoms with E-state index in [1.807, 2.05) is 6.92 Å². The second-order valence-electron chi connectivity index (χ2n) is 7.25. The molecule has 0 radical (unpaired) electrons. The molecule has 2 heterocycles. The van der Waals surface area contributed by atoms with Crippen molar-refractivity contribution in [3.8, 4) is 12.3 Å². The van der Waals surface area contributed by atoms with Crippen molar-refractivity contribution >= 4 is 29.3 Å². The van der Waals surface area contributed by atoms with E-state index in [9.17, 15) is 19.2 Å². The summed E-state index contributed by atoms with van der Waals surface area (Å²) in [5.41, 5.74) is 0.310. The number of benzene rings is 1. The van der Waals surface area contributed by atoms with Gasteiger partial charge in [-0.15, -0.1) is 6.42 Å². The first-order valence-corrected chi connectivity index (χ1v) is 9.59. The molecule has 1 saturated heterocycles. The lowest BCUT2D eigenvalue weighted by molar-refractivity contribution is -0.122. The summed E-state index contributed by atoms with van der Waals surface area (Å²) < 4.78 is 0. The Morgan fingerprint density at radius 2 is 1.90 bits per heavy atom. The van der Waals surface area contributed by atoms with Crippen molar-refractivity contribution in [2.75, 3.05) is 24.5 Å². The third-order valence-electron chi connectivity index (χ3n) is 5.37. The van der Waals surface area contributed by atoms with Crippen molar-refractivity contribution in [1.29, 1.82) is 0 Å². The number of terminal acetylenes is 1. The zero-order chi connectivity index (χ0) is 21.0. The SMILES string of the molecule is C#CCNC(=O)CCNC(=O)CCN1C(=O)c2ccccc2N2C(=O)CCC12C. The predicted molar refractivity (Wildman–Crippen MR) is 107 cm³/mol. The fourth-order valence-electron chi connectivity index (χ4n) is 3.90. The van der Waals surface area contributed by atoms with E-state index in [1.54, 1.807) is 34.1 Å². The summed E-state index contributed by atoms with van der Waals surface area (Å²) in [5, 5.41) is 5.20. The highest BCUT2D eigenvalue weighted by Gasteiger charge is 2.52. The Kier molecular flexibility index (Phi) is 5.87. The van der Waals surface area contributed by atoms with Crippen molar-refractivity contribution in [3.05, 3.63) is 29.8 Å². The molecule has 0 bridgehead atoms. The van der Waals surface area contributed by atoms with Gasteiger partial charge in [0.1, 0.15) is 5.66 Å². The summed E-state index contributed by atoms with van der Waals surface area (Å²) in [7, 11) is 0. The Balaban J connectivity index is 1.63. The molecular formula is C21H24N4O4. The average Bonchev–Trinajstić information content (AvgIpc) is 3.01. The van der Waals surface area contributed by atoms with Gasteiger partial charge < -0.3 is 15.5 Å². The largest absolute Gasteiger partial charge is 0.356 e. The first kappa shape index (κ1) is 20.4. The van der Waals surface area contributed by atoms with Gasteiger partial charge in [-0.25, -0.2) is 0 Å². The van der Waals surface area contributed by atoms with Gasteiger partial charge in [0, 0.05) is 32.4 Å². The third kappa shape index (κ3) is 3.94. The first-order valence-electron chi connectivity index (χ1n) is 9.59. The van der Waals surface area contributed by atoms with Gasteiger partial charge in [-0.1, -0.05) is 18.1 Å². The molecule has 8 nitrogen and oxygen atoms in total. The minimum absolute atomic E-state index is 0.0279. The van der Waals surface area contributed by atoms with E-state index in [0.29, 0.717) is 24.1 Å². The van der Waals surface area contributed by atoms with Crippen molar-refractivity contribution < 1.29 is 19.2 Å². The van der Waals surface area contributed by atoms with Crippen LogP contribution in [0.15, 0.2) is 24.3 Å². The number of rotatable bonds is 7. The lowest BCUT2D eigenvalue weighted by Gasteiger charge is -2.48. The number of amides is 4. The van der Waals surface area contributed by atoms with Gasteiger partial charge in [-0.3, -0.25) is 24.1 Å². The van der Waals surface area contributed by atoms with Crippen LogP contribution in [0.1, 0.15) is 43.0 Å². The molecule has 1 unspecified atom stereocenters. The number of nitrogens with one attached hydrogen (secondary N) is 2. The molecular weight excluding hydrogens is 372 g/mol. The maximum absolute atomic E-state index is 13.1. The standard InChI is InChI=1S/C21H24N4O4/c1-3-12-22-17(26)9-13-23-18(27)10-14-24-20(29)15-6-4-5-7-16(15)25-19(28)8-11-21(24,25)2/h1,4-7H,8-14H2,2H3,(H,22,26)(H,23,27). The normalized spacial score (nSPS) is 20.0. The summed E-state index contributed by atoms with van der Waals surface area (Å²) in [5.74, 6) is 1.59. The second kappa shape index (κ2) is 8.35. The van der Waals surface area contributed by atoms with E-state index in [2.05, 4.69) is 16.6 Å². The van der Waals surface area contributed by atoms with Gasteiger partial charge >= 0.3 is 0 Å². The van der Waals surface area contributed by atoms with Crippen LogP contribution in [0.25, 0.3) is 0 Å². The van der Waals surface area contributed by atoms with Crippen LogP contribution in [0.3, 0.4) is 0 Å². The molecule has 1 fully saturated rings. The van der Waals surface area contributed by atoms with Crippen LogP contribution >= 0.6 is 0 Å². The minimum Gasteiger partial charge on any atom is -0.356 e. The van der Waals surface area contributed by atoms with Crippen LogP contribution in [-0.2, 0) is 14.4 Å². The van der Waals surface area contributed by atoms with Crippen molar-refractivity contribution in [2.45, 2.75) is 38.3 Å². The van der Waals surface area contributed by atoms with Crippen LogP contribution in [-0.4, -0.2) is 53.8 Å². The van der Waals surface area contributed by atoms with Crippen molar-refractivity contribution in [2.24, 2.45) is 0 Å². The van der Waals surface area contributed by atoms with Gasteiger partial charge in [0.05, 0.1) is 17.8 Å². The Morgan fingerprint density at radius 1 is 1.17 bits per heavy atom. The van der Waals surface area contributed by atoms with Gasteiger partial charge in [0.2, 0.25) is 17.7 Å². The van der Waals surface area contributed by atoms with Crippen LogP contribution < -0.4 is 15.5 Å². The highest BCUT2D eigenvalue weighted by molar-refractivity contribution is 6.10. The predicted octanol–water partition coefficient (Wildman–Crippen LogP) is 0.631. The molecule has 0 aliphatic carbocycles. The smallest absolute Gasteiger partial charge is 0.257 e. The number of carbonyl (C=O) groups excluding carboxylic acids is 4. The van der Waals surface area contributed by atoms with Crippen molar-refractivity contribution in [1.82, 2.24) is 15.5 Å². The van der Waals surface area contributed by atoms with E-state index < -0.39 is 5.66 Å². The number of nitrogens with zero attached hydrogens (tertiary/aromatic N) is 2. The summed E-state index contributed by atoms with van der Waals surface area (Å²) >= 11 is 0. The molecule has 1 aromatic rings. The summed E-state index contributed by atoms with van der Waals surface area (Å²) in [6.45, 7) is 2.38. The summed E-state index contributed by atoms with van der Waals surface area (Å²) in [6.07, 6.45) is 6.15. The Morgan fingerprint density at radius 3 is 2.66 bits per heavy atom. The van der Waals surface area contributed by atoms with E-state index >= 15 is 0 Å². The molecule has 2 aliphatic rings. The highest BCUT2D eigenvalue weighted by atomic mass is 16.2. The monoisotopic (exact) mass is 396 g/mol. The second-order valence-corrected chi connectivity index (χ2v) is 7.25. The fourth-order valence-corrected chi connectivity index (χ4v) is 3.90. The number of hydrogen-bond donors (Lipinski definition) is 2. The summed E-state index contributed by atoms with van der Waals surface area (Å²) in [4.78, 5) is 52.6. The molecule has 4 amide bonds. The molecule has 152 valence electrons. The van der Waals surface area contributed by atoms with Crippen LogP contribution in [0.2, 0.25) is 0 Å².